The first-order valence-corrected chi connectivity index (χ1v) is 14.8. The maximum Gasteiger partial charge on any atom is 0.340 e. The van der Waals surface area contributed by atoms with Crippen LogP contribution in [0.15, 0.2) is 65.6 Å². The molecule has 7 rings (SSSR count). The average molecular weight is 590 g/mol. The van der Waals surface area contributed by atoms with Crippen LogP contribution >= 0.6 is 0 Å². The van der Waals surface area contributed by atoms with Gasteiger partial charge in [0.2, 0.25) is 5.91 Å². The van der Waals surface area contributed by atoms with Crippen LogP contribution in [0.3, 0.4) is 0 Å². The number of nitrogens with zero attached hydrogens (tertiary/aromatic N) is 3. The molecule has 2 aromatic carbocycles. The van der Waals surface area contributed by atoms with Crippen LogP contribution in [0.2, 0.25) is 0 Å². The summed E-state index contributed by atoms with van der Waals surface area (Å²) < 4.78 is 6.73. The molecule has 1 amide bonds. The molecule has 2 aliphatic rings. The average Bonchev–Trinajstić information content (AvgIpc) is 3.40. The monoisotopic (exact) mass is 589 g/mol. The number of esters is 1. The Kier molecular flexibility index (Phi) is 6.95. The summed E-state index contributed by atoms with van der Waals surface area (Å²) in [4.78, 5) is 47.1. The van der Waals surface area contributed by atoms with Crippen LogP contribution < -0.4 is 16.6 Å². The van der Waals surface area contributed by atoms with E-state index in [9.17, 15) is 19.5 Å². The van der Waals surface area contributed by atoms with E-state index in [2.05, 4.69) is 16.4 Å². The largest absolute Gasteiger partial charge is 0.458 e. The molecule has 44 heavy (non-hydrogen) atoms. The zero-order valence-corrected chi connectivity index (χ0v) is 24.2. The molecule has 5 aromatic rings. The lowest BCUT2D eigenvalue weighted by Gasteiger charge is -2.21. The molecule has 4 N–H and O–H groups in total. The molecule has 5 heterocycles. The topological polar surface area (TPSA) is 149 Å². The van der Waals surface area contributed by atoms with E-state index in [1.807, 2.05) is 42.5 Å². The molecule has 0 spiro atoms. The number of hydrogen-bond donors (Lipinski definition) is 3. The number of nitrogens with two attached hydrogens (primary N) is 1. The van der Waals surface area contributed by atoms with E-state index in [0.717, 1.165) is 64.3 Å². The van der Waals surface area contributed by atoms with Gasteiger partial charge in [0.05, 0.1) is 40.6 Å². The highest BCUT2D eigenvalue weighted by Crippen LogP contribution is 2.40. The van der Waals surface area contributed by atoms with Gasteiger partial charge in [-0.3, -0.25) is 14.6 Å². The fraction of sp³-hybridized carbons (Fsp3) is 0.265. The van der Waals surface area contributed by atoms with Crippen molar-refractivity contribution in [3.8, 4) is 11.4 Å². The van der Waals surface area contributed by atoms with E-state index < -0.39 is 18.1 Å². The van der Waals surface area contributed by atoms with Crippen molar-refractivity contribution < 1.29 is 19.4 Å². The number of unbranched alkanes of at least 4 members (excludes halogenated alkanes) is 1. The highest BCUT2D eigenvalue weighted by molar-refractivity contribution is 6.08. The Labute approximate surface area is 252 Å². The van der Waals surface area contributed by atoms with Crippen molar-refractivity contribution in [2.75, 3.05) is 5.32 Å². The first-order valence-electron chi connectivity index (χ1n) is 14.8. The van der Waals surface area contributed by atoms with E-state index in [0.29, 0.717) is 29.1 Å². The van der Waals surface area contributed by atoms with Gasteiger partial charge in [0.1, 0.15) is 6.61 Å². The highest BCUT2D eigenvalue weighted by Gasteiger charge is 2.34. The highest BCUT2D eigenvalue weighted by atomic mass is 16.5. The maximum atomic E-state index is 13.6. The lowest BCUT2D eigenvalue weighted by molar-refractivity contribution is -0.157. The number of cyclic esters (lactones) is 1. The van der Waals surface area contributed by atoms with Crippen LogP contribution in [0.25, 0.3) is 33.2 Å². The summed E-state index contributed by atoms with van der Waals surface area (Å²) in [5.74, 6) is -0.976. The van der Waals surface area contributed by atoms with Gasteiger partial charge in [0.25, 0.3) is 5.56 Å². The smallest absolute Gasteiger partial charge is 0.340 e. The second-order valence-electron chi connectivity index (χ2n) is 11.5. The normalized spacial score (nSPS) is 15.9. The number of ether oxygens (including phenoxy) is 1. The zero-order valence-electron chi connectivity index (χ0n) is 24.2. The fourth-order valence-corrected chi connectivity index (χ4v) is 6.29. The van der Waals surface area contributed by atoms with Crippen molar-refractivity contribution in [1.82, 2.24) is 14.5 Å². The van der Waals surface area contributed by atoms with E-state index in [1.54, 1.807) is 23.8 Å². The Morgan fingerprint density at radius 3 is 2.66 bits per heavy atom. The molecule has 10 nitrogen and oxygen atoms in total. The van der Waals surface area contributed by atoms with E-state index in [1.165, 1.54) is 5.56 Å². The number of aromatic nitrogens is 3. The van der Waals surface area contributed by atoms with Gasteiger partial charge >= 0.3 is 5.97 Å². The van der Waals surface area contributed by atoms with Crippen molar-refractivity contribution in [1.29, 1.82) is 0 Å². The van der Waals surface area contributed by atoms with Crippen LogP contribution in [0.1, 0.15) is 53.7 Å². The molecule has 10 heteroatoms. The minimum absolute atomic E-state index is 0.154. The summed E-state index contributed by atoms with van der Waals surface area (Å²) >= 11 is 0. The number of carbonyl (C=O) groups excluding carboxylic acids is 2. The van der Waals surface area contributed by atoms with Crippen molar-refractivity contribution in [3.05, 3.63) is 99.0 Å². The second-order valence-corrected chi connectivity index (χ2v) is 11.5. The minimum Gasteiger partial charge on any atom is -0.458 e. The molecule has 0 radical (unpaired) electrons. The van der Waals surface area contributed by atoms with Gasteiger partial charge in [-0.15, -0.1) is 0 Å². The summed E-state index contributed by atoms with van der Waals surface area (Å²) in [6, 6.07) is 16.9. The number of nitrogens with one attached hydrogen (secondary N) is 1. The molecule has 2 atom stereocenters. The minimum atomic E-state index is -1.49. The number of rotatable bonds is 7. The van der Waals surface area contributed by atoms with Crippen LogP contribution in [0.5, 0.6) is 0 Å². The molecule has 3 aromatic heterocycles. The van der Waals surface area contributed by atoms with Crippen molar-refractivity contribution in [2.24, 2.45) is 5.73 Å². The predicted octanol–water partition coefficient (Wildman–Crippen LogP) is 3.91. The first-order chi connectivity index (χ1) is 21.3. The molecule has 0 bridgehead atoms. The summed E-state index contributed by atoms with van der Waals surface area (Å²) in [6.07, 6.45) is 3.74. The first kappa shape index (κ1) is 27.9. The molecule has 222 valence electrons. The molecule has 0 saturated heterocycles. The number of hydrogen-bond acceptors (Lipinski definition) is 8. The van der Waals surface area contributed by atoms with Crippen LogP contribution in [0, 0.1) is 0 Å². The number of carbonyl (C=O) groups is 2. The standard InChI is InChI=1S/C34H31N5O5/c1-18(35)32(41)37-20-10-8-19(9-11-20)5-2-3-6-21-24-16-39-28(15-23-25(33(39)42)17-44-34(43)31(23)40)30(24)38-27-13-12-26-22(29(21)27)7-4-14-36-26/h4,7-15,18,31,40H,2-3,5-6,16-17,35H2,1H3,(H,37,41). The van der Waals surface area contributed by atoms with Gasteiger partial charge in [-0.2, -0.15) is 0 Å². The molecule has 0 saturated carbocycles. The number of anilines is 1. The van der Waals surface area contributed by atoms with Gasteiger partial charge in [-0.1, -0.05) is 18.2 Å². The van der Waals surface area contributed by atoms with Gasteiger partial charge < -0.3 is 25.5 Å². The zero-order chi connectivity index (χ0) is 30.5. The fourth-order valence-electron chi connectivity index (χ4n) is 6.29. The molecule has 2 unspecified atom stereocenters. The van der Waals surface area contributed by atoms with Gasteiger partial charge in [-0.25, -0.2) is 9.78 Å². The number of pyridine rings is 3. The summed E-state index contributed by atoms with van der Waals surface area (Å²) in [7, 11) is 0. The van der Waals surface area contributed by atoms with E-state index in [4.69, 9.17) is 15.5 Å². The number of fused-ring (bicyclic) bond motifs is 7. The second kappa shape index (κ2) is 11.0. The third kappa shape index (κ3) is 4.72. The maximum absolute atomic E-state index is 13.6. The Hall–Kier alpha value is -4.93. The van der Waals surface area contributed by atoms with E-state index in [-0.39, 0.29) is 18.1 Å². The van der Waals surface area contributed by atoms with Crippen LogP contribution in [-0.4, -0.2) is 37.6 Å². The predicted molar refractivity (Wildman–Crippen MR) is 166 cm³/mol. The molecule has 0 aliphatic carbocycles. The SMILES string of the molecule is CC(N)C(=O)Nc1ccc(CCCCc2c3c(nc4ccc5ncccc5c24)-c2cc4c(c(=O)n2C3)COC(=O)C4O)cc1. The van der Waals surface area contributed by atoms with Crippen LogP contribution in [0.4, 0.5) is 5.69 Å². The Balaban J connectivity index is 1.22. The van der Waals surface area contributed by atoms with Gasteiger partial charge in [-0.05, 0) is 80.1 Å². The molecular weight excluding hydrogens is 558 g/mol. The Morgan fingerprint density at radius 2 is 1.86 bits per heavy atom. The third-order valence-electron chi connectivity index (χ3n) is 8.59. The number of amides is 1. The number of aryl methyl sites for hydroxylation is 2. The van der Waals surface area contributed by atoms with Crippen molar-refractivity contribution >= 4 is 39.4 Å². The van der Waals surface area contributed by atoms with Gasteiger partial charge in [0.15, 0.2) is 6.10 Å². The van der Waals surface area contributed by atoms with E-state index >= 15 is 0 Å². The molecule has 0 fully saturated rings. The Morgan fingerprint density at radius 1 is 1.09 bits per heavy atom. The molecule has 2 aliphatic heterocycles. The summed E-state index contributed by atoms with van der Waals surface area (Å²) in [5.41, 5.74) is 12.9. The van der Waals surface area contributed by atoms with Crippen molar-refractivity contribution in [3.63, 3.8) is 0 Å². The lowest BCUT2D eigenvalue weighted by atomic mass is 9.93. The van der Waals surface area contributed by atoms with Crippen LogP contribution in [-0.2, 0) is 40.3 Å². The quantitative estimate of drug-likeness (QED) is 0.144. The number of aliphatic hydroxyl groups is 1. The van der Waals surface area contributed by atoms with Gasteiger partial charge in [0, 0.05) is 33.8 Å². The van der Waals surface area contributed by atoms with Crippen molar-refractivity contribution in [2.45, 2.75) is 57.9 Å². The number of benzene rings is 2. The lowest BCUT2D eigenvalue weighted by Crippen LogP contribution is -2.32. The number of aliphatic hydroxyl groups excluding tert-OH is 1. The summed E-state index contributed by atoms with van der Waals surface area (Å²) in [6.45, 7) is 1.85. The molecular formula is C34H31N5O5. The third-order valence-corrected chi connectivity index (χ3v) is 8.59. The summed E-state index contributed by atoms with van der Waals surface area (Å²) in [5, 5.41) is 15.4. The Bertz CT molecular complexity index is 2030.